The zero-order chi connectivity index (χ0) is 17.6. The molecule has 1 N–H and O–H groups in total. The van der Waals surface area contributed by atoms with Crippen molar-refractivity contribution in [2.45, 2.75) is 44.6 Å². The molecule has 4 rings (SSSR count). The van der Waals surface area contributed by atoms with Crippen LogP contribution in [0.15, 0.2) is 29.6 Å². The van der Waals surface area contributed by atoms with Crippen molar-refractivity contribution in [1.82, 2.24) is 10.3 Å². The summed E-state index contributed by atoms with van der Waals surface area (Å²) >= 11 is 1.67. The van der Waals surface area contributed by atoms with Gasteiger partial charge in [-0.2, -0.15) is 0 Å². The van der Waals surface area contributed by atoms with E-state index in [0.717, 1.165) is 16.9 Å². The van der Waals surface area contributed by atoms with Gasteiger partial charge in [0.25, 0.3) is 0 Å². The van der Waals surface area contributed by atoms with Gasteiger partial charge in [-0.15, -0.1) is 11.3 Å². The van der Waals surface area contributed by atoms with Gasteiger partial charge < -0.3 is 10.2 Å². The molecule has 1 aliphatic carbocycles. The van der Waals surface area contributed by atoms with Gasteiger partial charge in [-0.25, -0.2) is 4.98 Å². The molecule has 0 unspecified atom stereocenters. The minimum Gasteiger partial charge on any atom is -0.349 e. The maximum absolute atomic E-state index is 12.7. The van der Waals surface area contributed by atoms with E-state index < -0.39 is 5.41 Å². The van der Waals surface area contributed by atoms with Crippen molar-refractivity contribution in [3.8, 4) is 0 Å². The van der Waals surface area contributed by atoms with Crippen molar-refractivity contribution in [2.75, 3.05) is 11.4 Å². The molecule has 0 saturated heterocycles. The molecular weight excluding hydrogens is 334 g/mol. The van der Waals surface area contributed by atoms with Crippen molar-refractivity contribution in [3.05, 3.63) is 45.9 Å². The topological polar surface area (TPSA) is 62.3 Å². The number of nitrogens with zero attached hydrogens (tertiary/aromatic N) is 2. The number of para-hydroxylation sites is 1. The lowest BCUT2D eigenvalue weighted by Gasteiger charge is -2.19. The molecule has 6 heteroatoms. The van der Waals surface area contributed by atoms with Gasteiger partial charge in [0.2, 0.25) is 11.8 Å². The van der Waals surface area contributed by atoms with Crippen LogP contribution in [0.5, 0.6) is 0 Å². The van der Waals surface area contributed by atoms with Gasteiger partial charge in [0.1, 0.15) is 6.54 Å². The summed E-state index contributed by atoms with van der Waals surface area (Å²) in [5.41, 5.74) is 2.11. The Morgan fingerprint density at radius 1 is 1.36 bits per heavy atom. The van der Waals surface area contributed by atoms with E-state index in [1.54, 1.807) is 16.2 Å². The Bertz CT molecular complexity index is 839. The van der Waals surface area contributed by atoms with Crippen LogP contribution >= 0.6 is 11.3 Å². The Hall–Kier alpha value is -2.21. The van der Waals surface area contributed by atoms with E-state index in [1.165, 1.54) is 17.8 Å². The lowest BCUT2D eigenvalue weighted by Crippen LogP contribution is -2.42. The van der Waals surface area contributed by atoms with Crippen molar-refractivity contribution in [1.29, 1.82) is 0 Å². The second-order valence-corrected chi connectivity index (χ2v) is 8.15. The van der Waals surface area contributed by atoms with Crippen LogP contribution in [0.3, 0.4) is 0 Å². The first kappa shape index (κ1) is 16.3. The highest BCUT2D eigenvalue weighted by Gasteiger charge is 2.44. The van der Waals surface area contributed by atoms with Gasteiger partial charge >= 0.3 is 0 Å². The van der Waals surface area contributed by atoms with Crippen LogP contribution in [0.1, 0.15) is 48.9 Å². The average molecular weight is 355 g/mol. The summed E-state index contributed by atoms with van der Waals surface area (Å²) in [5, 5.41) is 6.07. The lowest BCUT2D eigenvalue weighted by atomic mass is 9.86. The average Bonchev–Trinajstić information content (AvgIpc) is 3.31. The van der Waals surface area contributed by atoms with Gasteiger partial charge in [-0.3, -0.25) is 9.59 Å². The molecule has 130 valence electrons. The Kier molecular flexibility index (Phi) is 3.87. The summed E-state index contributed by atoms with van der Waals surface area (Å²) in [7, 11) is 0. The van der Waals surface area contributed by atoms with E-state index in [9.17, 15) is 9.59 Å². The number of anilines is 1. The molecule has 1 aromatic carbocycles. The van der Waals surface area contributed by atoms with Gasteiger partial charge in [-0.05, 0) is 38.3 Å². The highest BCUT2D eigenvalue weighted by molar-refractivity contribution is 7.09. The van der Waals surface area contributed by atoms with Crippen LogP contribution in [0.25, 0.3) is 0 Å². The minimum atomic E-state index is -0.592. The van der Waals surface area contributed by atoms with Crippen LogP contribution < -0.4 is 10.2 Å². The zero-order valence-electron chi connectivity index (χ0n) is 14.4. The molecule has 0 atom stereocenters. The van der Waals surface area contributed by atoms with Crippen LogP contribution in [-0.4, -0.2) is 23.3 Å². The molecule has 2 amide bonds. The molecule has 25 heavy (non-hydrogen) atoms. The summed E-state index contributed by atoms with van der Waals surface area (Å²) in [4.78, 5) is 31.2. The Labute approximate surface area is 151 Å². The number of nitrogens with one attached hydrogen (secondary N) is 1. The molecule has 1 aromatic heterocycles. The van der Waals surface area contributed by atoms with Gasteiger partial charge in [-0.1, -0.05) is 18.2 Å². The maximum Gasteiger partial charge on any atom is 0.240 e. The first-order chi connectivity index (χ1) is 12.0. The summed E-state index contributed by atoms with van der Waals surface area (Å²) < 4.78 is 0. The number of hydrogen-bond donors (Lipinski definition) is 1. The fourth-order valence-corrected chi connectivity index (χ4v) is 4.26. The number of thiazole rings is 1. The van der Waals surface area contributed by atoms with Crippen molar-refractivity contribution in [2.24, 2.45) is 0 Å². The third-order valence-corrected chi connectivity index (χ3v) is 5.97. The fraction of sp³-hybridized carbons (Fsp3) is 0.421. The van der Waals surface area contributed by atoms with Crippen LogP contribution in [-0.2, 0) is 21.5 Å². The number of amides is 2. The SMILES string of the molecule is CC1(C)C(=O)N(CC(=O)NCc2csc(C3CC3)n2)c2ccccc21. The molecule has 1 fully saturated rings. The zero-order valence-corrected chi connectivity index (χ0v) is 15.2. The van der Waals surface area contributed by atoms with Gasteiger partial charge in [0, 0.05) is 17.0 Å². The van der Waals surface area contributed by atoms with Crippen LogP contribution in [0, 0.1) is 0 Å². The molecule has 2 aromatic rings. The molecule has 1 saturated carbocycles. The second-order valence-electron chi connectivity index (χ2n) is 7.26. The normalized spacial score (nSPS) is 18.3. The highest BCUT2D eigenvalue weighted by Crippen LogP contribution is 2.42. The Morgan fingerprint density at radius 3 is 2.88 bits per heavy atom. The van der Waals surface area contributed by atoms with Gasteiger partial charge in [0.05, 0.1) is 22.7 Å². The summed E-state index contributed by atoms with van der Waals surface area (Å²) in [6.45, 7) is 4.26. The van der Waals surface area contributed by atoms with Crippen LogP contribution in [0.4, 0.5) is 5.69 Å². The number of carbonyl (C=O) groups is 2. The number of aromatic nitrogens is 1. The molecule has 0 spiro atoms. The molecule has 2 heterocycles. The predicted molar refractivity (Wildman–Crippen MR) is 97.8 cm³/mol. The molecule has 0 bridgehead atoms. The molecule has 0 radical (unpaired) electrons. The van der Waals surface area contributed by atoms with E-state index in [4.69, 9.17) is 0 Å². The quantitative estimate of drug-likeness (QED) is 0.897. The van der Waals surface area contributed by atoms with E-state index in [-0.39, 0.29) is 18.4 Å². The van der Waals surface area contributed by atoms with Crippen molar-refractivity contribution >= 4 is 28.8 Å². The maximum atomic E-state index is 12.7. The molecule has 5 nitrogen and oxygen atoms in total. The first-order valence-corrected chi connectivity index (χ1v) is 9.47. The Balaban J connectivity index is 1.41. The number of benzene rings is 1. The van der Waals surface area contributed by atoms with Crippen molar-refractivity contribution in [3.63, 3.8) is 0 Å². The summed E-state index contributed by atoms with van der Waals surface area (Å²) in [6.07, 6.45) is 2.46. The largest absolute Gasteiger partial charge is 0.349 e. The summed E-state index contributed by atoms with van der Waals surface area (Å²) in [5.74, 6) is 0.436. The fourth-order valence-electron chi connectivity index (χ4n) is 3.27. The third-order valence-electron chi connectivity index (χ3n) is 4.91. The third kappa shape index (κ3) is 2.95. The lowest BCUT2D eigenvalue weighted by molar-refractivity contribution is -0.125. The monoisotopic (exact) mass is 355 g/mol. The number of hydrogen-bond acceptors (Lipinski definition) is 4. The Morgan fingerprint density at radius 2 is 2.12 bits per heavy atom. The van der Waals surface area contributed by atoms with E-state index in [2.05, 4.69) is 10.3 Å². The smallest absolute Gasteiger partial charge is 0.240 e. The highest BCUT2D eigenvalue weighted by atomic mass is 32.1. The summed E-state index contributed by atoms with van der Waals surface area (Å²) in [6, 6.07) is 7.68. The number of rotatable bonds is 5. The van der Waals surface area contributed by atoms with E-state index in [1.807, 2.05) is 43.5 Å². The predicted octanol–water partition coefficient (Wildman–Crippen LogP) is 2.96. The first-order valence-electron chi connectivity index (χ1n) is 8.59. The standard InChI is InChI=1S/C19H21N3O2S/c1-19(2)14-5-3-4-6-15(14)22(18(19)24)10-16(23)20-9-13-11-25-17(21-13)12-7-8-12/h3-6,11-12H,7-10H2,1-2H3,(H,20,23). The minimum absolute atomic E-state index is 0.0338. The van der Waals surface area contributed by atoms with Gasteiger partial charge in [0.15, 0.2) is 0 Å². The second kappa shape index (κ2) is 5.95. The molecule has 2 aliphatic rings. The van der Waals surface area contributed by atoms with E-state index in [0.29, 0.717) is 12.5 Å². The molecular formula is C19H21N3O2S. The van der Waals surface area contributed by atoms with Crippen molar-refractivity contribution < 1.29 is 9.59 Å². The number of fused-ring (bicyclic) bond motifs is 1. The number of carbonyl (C=O) groups excluding carboxylic acids is 2. The molecule has 1 aliphatic heterocycles. The van der Waals surface area contributed by atoms with Crippen LogP contribution in [0.2, 0.25) is 0 Å². The van der Waals surface area contributed by atoms with E-state index >= 15 is 0 Å².